The standard InChI is InChI=1S/C20H22F2N4O2/c1-13(27)25-17(20-15(21)5-2-6-16(20)22)10-19(28)26-9-8-24-12-18(26)14-4-3-7-23-11-14/h2-7,11,17-18,24H,8-10,12H2,1H3,(H,25,27). The number of hydrogen-bond acceptors (Lipinski definition) is 4. The third-order valence-electron chi connectivity index (χ3n) is 4.74. The molecule has 2 aromatic rings. The Bertz CT molecular complexity index is 827. The summed E-state index contributed by atoms with van der Waals surface area (Å²) in [7, 11) is 0. The SMILES string of the molecule is CC(=O)NC(CC(=O)N1CCNCC1c1cccnc1)c1c(F)cccc1F. The minimum absolute atomic E-state index is 0.238. The van der Waals surface area contributed by atoms with Gasteiger partial charge in [-0.1, -0.05) is 12.1 Å². The summed E-state index contributed by atoms with van der Waals surface area (Å²) in [6.07, 6.45) is 3.10. The Kier molecular flexibility index (Phi) is 6.30. The molecule has 1 aromatic carbocycles. The highest BCUT2D eigenvalue weighted by Gasteiger charge is 2.31. The first kappa shape index (κ1) is 19.9. The van der Waals surface area contributed by atoms with Gasteiger partial charge in [-0.05, 0) is 23.8 Å². The molecule has 1 aliphatic heterocycles. The lowest BCUT2D eigenvalue weighted by atomic mass is 9.99. The van der Waals surface area contributed by atoms with Gasteiger partial charge in [-0.3, -0.25) is 14.6 Å². The van der Waals surface area contributed by atoms with Gasteiger partial charge in [0.1, 0.15) is 11.6 Å². The van der Waals surface area contributed by atoms with E-state index in [1.54, 1.807) is 23.4 Å². The number of aromatic nitrogens is 1. The van der Waals surface area contributed by atoms with Crippen LogP contribution in [0.25, 0.3) is 0 Å². The van der Waals surface area contributed by atoms with Gasteiger partial charge in [0.05, 0.1) is 18.5 Å². The predicted molar refractivity (Wildman–Crippen MR) is 99.1 cm³/mol. The molecule has 2 amide bonds. The normalized spacial score (nSPS) is 17.8. The van der Waals surface area contributed by atoms with Crippen LogP contribution in [0, 0.1) is 11.6 Å². The summed E-state index contributed by atoms with van der Waals surface area (Å²) in [5.74, 6) is -2.35. The molecule has 0 aliphatic carbocycles. The van der Waals surface area contributed by atoms with Crippen LogP contribution in [0.4, 0.5) is 8.78 Å². The predicted octanol–water partition coefficient (Wildman–Crippen LogP) is 2.10. The smallest absolute Gasteiger partial charge is 0.225 e. The molecule has 1 saturated heterocycles. The first-order valence-corrected chi connectivity index (χ1v) is 9.08. The van der Waals surface area contributed by atoms with Gasteiger partial charge in [-0.15, -0.1) is 0 Å². The molecule has 2 heterocycles. The van der Waals surface area contributed by atoms with Crippen LogP contribution < -0.4 is 10.6 Å². The highest BCUT2D eigenvalue weighted by atomic mass is 19.1. The molecule has 148 valence electrons. The van der Waals surface area contributed by atoms with Crippen molar-refractivity contribution in [3.63, 3.8) is 0 Å². The number of halogens is 2. The van der Waals surface area contributed by atoms with E-state index < -0.39 is 23.6 Å². The van der Waals surface area contributed by atoms with E-state index >= 15 is 0 Å². The molecule has 0 bridgehead atoms. The van der Waals surface area contributed by atoms with E-state index in [2.05, 4.69) is 15.6 Å². The lowest BCUT2D eigenvalue weighted by Crippen LogP contribution is -2.49. The molecule has 6 nitrogen and oxygen atoms in total. The second-order valence-electron chi connectivity index (χ2n) is 6.69. The fraction of sp³-hybridized carbons (Fsp3) is 0.350. The van der Waals surface area contributed by atoms with Crippen LogP contribution in [0.1, 0.15) is 36.6 Å². The monoisotopic (exact) mass is 388 g/mol. The quantitative estimate of drug-likeness (QED) is 0.823. The van der Waals surface area contributed by atoms with Crippen LogP contribution in [0.15, 0.2) is 42.7 Å². The molecular formula is C20H22F2N4O2. The van der Waals surface area contributed by atoms with Crippen molar-refractivity contribution < 1.29 is 18.4 Å². The average molecular weight is 388 g/mol. The number of nitrogens with zero attached hydrogens (tertiary/aromatic N) is 2. The number of nitrogens with one attached hydrogen (secondary N) is 2. The highest BCUT2D eigenvalue weighted by Crippen LogP contribution is 2.27. The van der Waals surface area contributed by atoms with Crippen molar-refractivity contribution in [1.82, 2.24) is 20.5 Å². The molecule has 8 heteroatoms. The lowest BCUT2D eigenvalue weighted by molar-refractivity contribution is -0.135. The Morgan fingerprint density at radius 3 is 2.68 bits per heavy atom. The van der Waals surface area contributed by atoms with E-state index in [4.69, 9.17) is 0 Å². The van der Waals surface area contributed by atoms with Crippen molar-refractivity contribution in [3.8, 4) is 0 Å². The van der Waals surface area contributed by atoms with Crippen LogP contribution in [-0.4, -0.2) is 41.3 Å². The third-order valence-corrected chi connectivity index (χ3v) is 4.74. The molecule has 1 fully saturated rings. The van der Waals surface area contributed by atoms with Gasteiger partial charge in [0.2, 0.25) is 11.8 Å². The summed E-state index contributed by atoms with van der Waals surface area (Å²) in [5, 5.41) is 5.75. The summed E-state index contributed by atoms with van der Waals surface area (Å²) < 4.78 is 28.5. The maximum absolute atomic E-state index is 14.3. The lowest BCUT2D eigenvalue weighted by Gasteiger charge is -2.37. The van der Waals surface area contributed by atoms with Crippen molar-refractivity contribution in [1.29, 1.82) is 0 Å². The molecule has 2 atom stereocenters. The number of carbonyl (C=O) groups is 2. The Labute approximate surface area is 162 Å². The van der Waals surface area contributed by atoms with Gasteiger partial charge in [0.25, 0.3) is 0 Å². The van der Waals surface area contributed by atoms with Crippen LogP contribution in [0.3, 0.4) is 0 Å². The molecule has 2 unspecified atom stereocenters. The third kappa shape index (κ3) is 4.51. The van der Waals surface area contributed by atoms with Crippen molar-refractivity contribution in [2.24, 2.45) is 0 Å². The number of piperazine rings is 1. The number of carbonyl (C=O) groups excluding carboxylic acids is 2. The number of hydrogen-bond donors (Lipinski definition) is 2. The Morgan fingerprint density at radius 2 is 2.04 bits per heavy atom. The fourth-order valence-corrected chi connectivity index (χ4v) is 3.48. The van der Waals surface area contributed by atoms with Crippen LogP contribution >= 0.6 is 0 Å². The van der Waals surface area contributed by atoms with E-state index in [9.17, 15) is 18.4 Å². The van der Waals surface area contributed by atoms with E-state index in [-0.39, 0.29) is 23.9 Å². The molecule has 3 rings (SSSR count). The Morgan fingerprint density at radius 1 is 1.29 bits per heavy atom. The van der Waals surface area contributed by atoms with Crippen molar-refractivity contribution in [2.45, 2.75) is 25.4 Å². The van der Waals surface area contributed by atoms with Crippen LogP contribution in [0.2, 0.25) is 0 Å². The zero-order valence-electron chi connectivity index (χ0n) is 15.5. The number of rotatable bonds is 5. The zero-order valence-corrected chi connectivity index (χ0v) is 15.5. The Hall–Kier alpha value is -2.87. The van der Waals surface area contributed by atoms with Gasteiger partial charge in [0, 0.05) is 44.5 Å². The van der Waals surface area contributed by atoms with Gasteiger partial charge in [0.15, 0.2) is 0 Å². The molecule has 0 saturated carbocycles. The molecular weight excluding hydrogens is 366 g/mol. The second kappa shape index (κ2) is 8.88. The van der Waals surface area contributed by atoms with E-state index in [1.165, 1.54) is 13.0 Å². The first-order valence-electron chi connectivity index (χ1n) is 9.08. The van der Waals surface area contributed by atoms with Gasteiger partial charge < -0.3 is 15.5 Å². The average Bonchev–Trinajstić information content (AvgIpc) is 2.68. The largest absolute Gasteiger partial charge is 0.349 e. The molecule has 2 N–H and O–H groups in total. The van der Waals surface area contributed by atoms with Gasteiger partial charge >= 0.3 is 0 Å². The van der Waals surface area contributed by atoms with E-state index in [1.807, 2.05) is 6.07 Å². The fourth-order valence-electron chi connectivity index (χ4n) is 3.48. The first-order chi connectivity index (χ1) is 13.5. The number of benzene rings is 1. The minimum atomic E-state index is -1.09. The Balaban J connectivity index is 1.85. The van der Waals surface area contributed by atoms with Crippen molar-refractivity contribution in [3.05, 3.63) is 65.5 Å². The summed E-state index contributed by atoms with van der Waals surface area (Å²) >= 11 is 0. The van der Waals surface area contributed by atoms with Crippen molar-refractivity contribution >= 4 is 11.8 Å². The number of amides is 2. The molecule has 0 radical (unpaired) electrons. The van der Waals surface area contributed by atoms with Gasteiger partial charge in [-0.25, -0.2) is 8.78 Å². The van der Waals surface area contributed by atoms with Crippen molar-refractivity contribution in [2.75, 3.05) is 19.6 Å². The van der Waals surface area contributed by atoms with Gasteiger partial charge in [-0.2, -0.15) is 0 Å². The maximum Gasteiger partial charge on any atom is 0.225 e. The highest BCUT2D eigenvalue weighted by molar-refractivity contribution is 5.80. The van der Waals surface area contributed by atoms with Crippen LogP contribution in [-0.2, 0) is 9.59 Å². The zero-order chi connectivity index (χ0) is 20.1. The molecule has 1 aliphatic rings. The summed E-state index contributed by atoms with van der Waals surface area (Å²) in [5.41, 5.74) is 0.565. The topological polar surface area (TPSA) is 74.3 Å². The summed E-state index contributed by atoms with van der Waals surface area (Å²) in [6.45, 7) is 2.86. The maximum atomic E-state index is 14.3. The molecule has 28 heavy (non-hydrogen) atoms. The van der Waals surface area contributed by atoms with E-state index in [0.717, 1.165) is 17.7 Å². The molecule has 1 aromatic heterocycles. The number of pyridine rings is 1. The summed E-state index contributed by atoms with van der Waals surface area (Å²) in [6, 6.07) is 5.82. The second-order valence-corrected chi connectivity index (χ2v) is 6.69. The summed E-state index contributed by atoms with van der Waals surface area (Å²) in [4.78, 5) is 30.4. The van der Waals surface area contributed by atoms with Crippen LogP contribution in [0.5, 0.6) is 0 Å². The molecule has 0 spiro atoms. The van der Waals surface area contributed by atoms with E-state index in [0.29, 0.717) is 19.6 Å². The minimum Gasteiger partial charge on any atom is -0.349 e.